The van der Waals surface area contributed by atoms with Crippen LogP contribution >= 0.6 is 22.9 Å². The number of thiophene rings is 1. The number of benzene rings is 2. The van der Waals surface area contributed by atoms with Gasteiger partial charge in [-0.05, 0) is 36.2 Å². The van der Waals surface area contributed by atoms with Crippen molar-refractivity contribution in [3.05, 3.63) is 63.5 Å². The summed E-state index contributed by atoms with van der Waals surface area (Å²) in [5, 5.41) is 3.38. The van der Waals surface area contributed by atoms with Crippen molar-refractivity contribution >= 4 is 44.4 Å². The van der Waals surface area contributed by atoms with Crippen molar-refractivity contribution in [2.45, 2.75) is 17.6 Å². The number of methoxy groups -OCH3 is 1. The molecule has 8 heteroatoms. The lowest BCUT2D eigenvalue weighted by atomic mass is 10.1. The molecule has 1 aromatic heterocycles. The first-order valence-corrected chi connectivity index (χ1v) is 11.2. The van der Waals surface area contributed by atoms with Crippen LogP contribution in [0.5, 0.6) is 5.75 Å². The van der Waals surface area contributed by atoms with E-state index in [9.17, 15) is 13.2 Å². The van der Waals surface area contributed by atoms with E-state index in [4.69, 9.17) is 16.3 Å². The molecule has 1 aliphatic rings. The SMILES string of the molecule is COc1cc(Cl)c(C)cc1NC(=O)c1cc2c(s1)-c1ccccc1S(=O)(=O)C2. The van der Waals surface area contributed by atoms with Crippen LogP contribution in [-0.2, 0) is 15.6 Å². The predicted molar refractivity (Wildman–Crippen MR) is 111 cm³/mol. The Kier molecular flexibility index (Phi) is 4.69. The monoisotopic (exact) mass is 433 g/mol. The van der Waals surface area contributed by atoms with Gasteiger partial charge in [-0.25, -0.2) is 8.42 Å². The molecule has 28 heavy (non-hydrogen) atoms. The van der Waals surface area contributed by atoms with Crippen molar-refractivity contribution in [3.63, 3.8) is 0 Å². The number of aryl methyl sites for hydroxylation is 1. The summed E-state index contributed by atoms with van der Waals surface area (Å²) in [5.74, 6) is 0.0273. The van der Waals surface area contributed by atoms with Crippen LogP contribution in [0.4, 0.5) is 5.69 Å². The van der Waals surface area contributed by atoms with Gasteiger partial charge >= 0.3 is 0 Å². The lowest BCUT2D eigenvalue weighted by molar-refractivity contribution is 0.103. The standard InChI is InChI=1S/C20H16ClNO4S2/c1-11-7-15(16(26-2)9-14(11)21)22-20(23)17-8-12-10-28(24,25)18-6-4-3-5-13(18)19(12)27-17/h3-9H,10H2,1-2H3,(H,22,23). The second kappa shape index (κ2) is 6.92. The Morgan fingerprint density at radius 3 is 2.71 bits per heavy atom. The van der Waals surface area contributed by atoms with Gasteiger partial charge in [-0.2, -0.15) is 0 Å². The molecule has 144 valence electrons. The predicted octanol–water partition coefficient (Wildman–Crippen LogP) is 4.93. The van der Waals surface area contributed by atoms with E-state index in [-0.39, 0.29) is 11.7 Å². The molecular formula is C20H16ClNO4S2. The van der Waals surface area contributed by atoms with E-state index in [0.717, 1.165) is 10.4 Å². The maximum atomic E-state index is 12.8. The zero-order chi connectivity index (χ0) is 20.1. The van der Waals surface area contributed by atoms with Gasteiger partial charge in [0, 0.05) is 21.5 Å². The molecule has 0 aliphatic carbocycles. The number of rotatable bonds is 3. The van der Waals surface area contributed by atoms with E-state index >= 15 is 0 Å². The smallest absolute Gasteiger partial charge is 0.265 e. The highest BCUT2D eigenvalue weighted by atomic mass is 35.5. The number of halogens is 1. The Balaban J connectivity index is 1.72. The highest BCUT2D eigenvalue weighted by Gasteiger charge is 2.30. The quantitative estimate of drug-likeness (QED) is 0.636. The summed E-state index contributed by atoms with van der Waals surface area (Å²) in [6, 6.07) is 11.9. The molecule has 0 radical (unpaired) electrons. The van der Waals surface area contributed by atoms with Gasteiger partial charge in [-0.3, -0.25) is 4.79 Å². The Labute approximate surface area is 171 Å². The van der Waals surface area contributed by atoms with Crippen LogP contribution in [0.1, 0.15) is 20.8 Å². The number of ether oxygens (including phenoxy) is 1. The van der Waals surface area contributed by atoms with E-state index < -0.39 is 9.84 Å². The van der Waals surface area contributed by atoms with Gasteiger partial charge in [0.2, 0.25) is 0 Å². The zero-order valence-electron chi connectivity index (χ0n) is 15.1. The fraction of sp³-hybridized carbons (Fsp3) is 0.150. The number of hydrogen-bond donors (Lipinski definition) is 1. The summed E-state index contributed by atoms with van der Waals surface area (Å²) >= 11 is 7.40. The zero-order valence-corrected chi connectivity index (χ0v) is 17.5. The molecule has 2 heterocycles. The van der Waals surface area contributed by atoms with E-state index in [1.807, 2.05) is 6.92 Å². The molecule has 2 aromatic carbocycles. The lowest BCUT2D eigenvalue weighted by Gasteiger charge is -2.15. The highest BCUT2D eigenvalue weighted by Crippen LogP contribution is 2.43. The maximum absolute atomic E-state index is 12.8. The molecule has 3 aromatic rings. The third-order valence-corrected chi connectivity index (χ3v) is 7.91. The van der Waals surface area contributed by atoms with Gasteiger partial charge in [-0.15, -0.1) is 11.3 Å². The number of carbonyl (C=O) groups is 1. The molecule has 0 unspecified atom stereocenters. The molecule has 0 bridgehead atoms. The number of sulfone groups is 1. The van der Waals surface area contributed by atoms with Crippen molar-refractivity contribution in [1.29, 1.82) is 0 Å². The van der Waals surface area contributed by atoms with Crippen LogP contribution in [0.25, 0.3) is 10.4 Å². The minimum Gasteiger partial charge on any atom is -0.495 e. The lowest BCUT2D eigenvalue weighted by Crippen LogP contribution is -2.12. The Bertz CT molecular complexity index is 1210. The number of carbonyl (C=O) groups excluding carboxylic acids is 1. The van der Waals surface area contributed by atoms with Crippen LogP contribution in [0.2, 0.25) is 5.02 Å². The molecular weight excluding hydrogens is 418 g/mol. The fourth-order valence-corrected chi connectivity index (χ4v) is 6.21. The third kappa shape index (κ3) is 3.19. The first kappa shape index (κ1) is 19.0. The number of amides is 1. The highest BCUT2D eigenvalue weighted by molar-refractivity contribution is 7.91. The van der Waals surface area contributed by atoms with E-state index in [2.05, 4.69) is 5.32 Å². The molecule has 0 saturated heterocycles. The first-order valence-electron chi connectivity index (χ1n) is 8.40. The van der Waals surface area contributed by atoms with Gasteiger partial charge in [0.25, 0.3) is 5.91 Å². The Hall–Kier alpha value is -2.35. The Morgan fingerprint density at radius 2 is 1.96 bits per heavy atom. The summed E-state index contributed by atoms with van der Waals surface area (Å²) in [6.45, 7) is 1.84. The van der Waals surface area contributed by atoms with Crippen LogP contribution in [0.3, 0.4) is 0 Å². The number of nitrogens with one attached hydrogen (secondary N) is 1. The van der Waals surface area contributed by atoms with Crippen LogP contribution in [0, 0.1) is 6.92 Å². The topological polar surface area (TPSA) is 72.5 Å². The Morgan fingerprint density at radius 1 is 1.21 bits per heavy atom. The molecule has 0 atom stereocenters. The van der Waals surface area contributed by atoms with E-state index in [0.29, 0.717) is 37.4 Å². The minimum absolute atomic E-state index is 0.105. The van der Waals surface area contributed by atoms with Crippen molar-refractivity contribution in [2.24, 2.45) is 0 Å². The molecule has 4 rings (SSSR count). The van der Waals surface area contributed by atoms with Gasteiger partial charge in [0.15, 0.2) is 9.84 Å². The molecule has 1 N–H and O–H groups in total. The molecule has 5 nitrogen and oxygen atoms in total. The molecule has 1 aliphatic heterocycles. The average molecular weight is 434 g/mol. The van der Waals surface area contributed by atoms with Crippen molar-refractivity contribution in [1.82, 2.24) is 0 Å². The molecule has 0 saturated carbocycles. The summed E-state index contributed by atoms with van der Waals surface area (Å²) in [6.07, 6.45) is 0. The summed E-state index contributed by atoms with van der Waals surface area (Å²) < 4.78 is 30.4. The van der Waals surface area contributed by atoms with Gasteiger partial charge in [0.05, 0.1) is 28.3 Å². The maximum Gasteiger partial charge on any atom is 0.265 e. The largest absolute Gasteiger partial charge is 0.495 e. The molecule has 1 amide bonds. The second-order valence-corrected chi connectivity index (χ2v) is 9.89. The van der Waals surface area contributed by atoms with Gasteiger partial charge in [0.1, 0.15) is 5.75 Å². The van der Waals surface area contributed by atoms with Crippen molar-refractivity contribution in [2.75, 3.05) is 12.4 Å². The fourth-order valence-electron chi connectivity index (χ4n) is 3.20. The molecule has 0 spiro atoms. The number of fused-ring (bicyclic) bond motifs is 3. The summed E-state index contributed by atoms with van der Waals surface area (Å²) in [7, 11) is -1.91. The number of hydrogen-bond acceptors (Lipinski definition) is 5. The van der Waals surface area contributed by atoms with Gasteiger partial charge in [-0.1, -0.05) is 29.8 Å². The normalized spacial score (nSPS) is 14.1. The van der Waals surface area contributed by atoms with Crippen molar-refractivity contribution in [3.8, 4) is 16.2 Å². The van der Waals surface area contributed by atoms with Crippen LogP contribution in [-0.4, -0.2) is 21.4 Å². The minimum atomic E-state index is -3.41. The molecule has 0 fully saturated rings. The van der Waals surface area contributed by atoms with Crippen molar-refractivity contribution < 1.29 is 17.9 Å². The summed E-state index contributed by atoms with van der Waals surface area (Å²) in [4.78, 5) is 14.4. The first-order chi connectivity index (χ1) is 13.3. The number of anilines is 1. The van der Waals surface area contributed by atoms with E-state index in [1.165, 1.54) is 18.4 Å². The van der Waals surface area contributed by atoms with Gasteiger partial charge < -0.3 is 10.1 Å². The average Bonchev–Trinajstić information content (AvgIpc) is 3.08. The second-order valence-electron chi connectivity index (χ2n) is 6.48. The summed E-state index contributed by atoms with van der Waals surface area (Å²) in [5.41, 5.74) is 2.61. The third-order valence-electron chi connectivity index (χ3n) is 4.57. The van der Waals surface area contributed by atoms with Crippen LogP contribution in [0.15, 0.2) is 47.4 Å². The van der Waals surface area contributed by atoms with E-state index in [1.54, 1.807) is 42.5 Å². The van der Waals surface area contributed by atoms with Crippen LogP contribution < -0.4 is 10.1 Å².